The minimum Gasteiger partial charge on any atom is -0.257 e. The van der Waals surface area contributed by atoms with Crippen LogP contribution in [0.2, 0.25) is 0 Å². The molecule has 13 heteroatoms. The van der Waals surface area contributed by atoms with Crippen molar-refractivity contribution in [2.75, 3.05) is 5.01 Å². The van der Waals surface area contributed by atoms with E-state index in [1.54, 1.807) is 0 Å². The summed E-state index contributed by atoms with van der Waals surface area (Å²) in [4.78, 5) is -0.269. The molecule has 0 amide bonds. The molecule has 0 saturated heterocycles. The Morgan fingerprint density at radius 2 is 1.50 bits per heavy atom. The van der Waals surface area contributed by atoms with E-state index in [4.69, 9.17) is 5.14 Å². The highest BCUT2D eigenvalue weighted by atomic mass is 32.2. The van der Waals surface area contributed by atoms with Gasteiger partial charge in [-0.15, -0.1) is 0 Å². The highest BCUT2D eigenvalue weighted by Crippen LogP contribution is 2.43. The average molecular weight is 531 g/mol. The van der Waals surface area contributed by atoms with Crippen LogP contribution in [0.3, 0.4) is 0 Å². The van der Waals surface area contributed by atoms with Crippen molar-refractivity contribution >= 4 is 21.4 Å². The summed E-state index contributed by atoms with van der Waals surface area (Å²) in [7, 11) is -4.06. The minimum atomic E-state index is -4.79. The fraction of sp³-hybridized carbons (Fsp3) is 0.174. The number of hydrogen-bond acceptors (Lipinski definition) is 4. The van der Waals surface area contributed by atoms with E-state index < -0.39 is 51.9 Å². The van der Waals surface area contributed by atoms with E-state index >= 15 is 0 Å². The number of anilines is 1. The van der Waals surface area contributed by atoms with E-state index in [1.165, 1.54) is 36.4 Å². The zero-order valence-corrected chi connectivity index (χ0v) is 18.8. The first kappa shape index (κ1) is 25.6. The molecule has 0 aliphatic carbocycles. The van der Waals surface area contributed by atoms with Crippen molar-refractivity contribution < 1.29 is 39.2 Å². The molecule has 0 saturated carbocycles. The molecule has 0 spiro atoms. The first-order valence-corrected chi connectivity index (χ1v) is 11.7. The second-order valence-corrected chi connectivity index (χ2v) is 9.49. The third-order valence-corrected chi connectivity index (χ3v) is 6.50. The number of primary sulfonamides is 1. The Morgan fingerprint density at radius 3 is 2.06 bits per heavy atom. The van der Waals surface area contributed by atoms with Crippen LogP contribution in [0.4, 0.5) is 36.4 Å². The Hall–Kier alpha value is -3.45. The number of nitrogens with zero attached hydrogens (tertiary/aromatic N) is 2. The maximum Gasteiger partial charge on any atom is 0.431 e. The zero-order chi connectivity index (χ0) is 26.5. The largest absolute Gasteiger partial charge is 0.431 e. The van der Waals surface area contributed by atoms with Crippen LogP contribution in [-0.4, -0.2) is 20.3 Å². The molecule has 0 radical (unpaired) electrons. The monoisotopic (exact) mass is 531 g/mol. The lowest BCUT2D eigenvalue weighted by atomic mass is 9.91. The fourth-order valence-electron chi connectivity index (χ4n) is 3.89. The normalized spacial score (nSPS) is 16.8. The summed E-state index contributed by atoms with van der Waals surface area (Å²) < 4.78 is 118. The van der Waals surface area contributed by atoms with E-state index in [-0.39, 0.29) is 27.3 Å². The molecule has 190 valence electrons. The minimum absolute atomic E-state index is 0.0819. The fourth-order valence-corrected chi connectivity index (χ4v) is 4.41. The van der Waals surface area contributed by atoms with E-state index in [1.807, 2.05) is 0 Å². The summed E-state index contributed by atoms with van der Waals surface area (Å²) in [5, 5.41) is 9.77. The van der Waals surface area contributed by atoms with Gasteiger partial charge in [0.15, 0.2) is 0 Å². The molecule has 0 aromatic heterocycles. The Bertz CT molecular complexity index is 1430. The third-order valence-electron chi connectivity index (χ3n) is 5.57. The SMILES string of the molecule is NS(=O)(=O)c1ccc(N2N=C(C(F)(F)F)CC2c2ccccc2-c2ccc(C(F)(F)F)cc2F)cc1. The molecule has 1 atom stereocenters. The molecule has 2 N–H and O–H groups in total. The summed E-state index contributed by atoms with van der Waals surface area (Å²) in [5.74, 6) is -1.20. The quantitative estimate of drug-likeness (QED) is 0.418. The standard InChI is InChI=1S/C23H16F7N3O2S/c24-19-11-13(22(25,26)27)5-10-17(19)16-3-1-2-4-18(16)20-12-21(23(28,29)30)32-33(20)14-6-8-15(9-7-14)36(31,34)35/h1-11,20H,12H2,(H2,31,34,35). The Labute approximate surface area is 200 Å². The van der Waals surface area contributed by atoms with E-state index in [0.29, 0.717) is 12.1 Å². The smallest absolute Gasteiger partial charge is 0.257 e. The molecule has 1 heterocycles. The molecule has 3 aromatic carbocycles. The summed E-state index contributed by atoms with van der Waals surface area (Å²) in [6.45, 7) is 0. The Morgan fingerprint density at radius 1 is 0.861 bits per heavy atom. The molecule has 0 fully saturated rings. The Kier molecular flexibility index (Phi) is 6.33. The third kappa shape index (κ3) is 5.07. The van der Waals surface area contributed by atoms with E-state index in [2.05, 4.69) is 5.10 Å². The summed E-state index contributed by atoms with van der Waals surface area (Å²) in [5.41, 5.74) is -2.22. The van der Waals surface area contributed by atoms with Gasteiger partial charge < -0.3 is 0 Å². The molecule has 0 bridgehead atoms. The second-order valence-electron chi connectivity index (χ2n) is 7.93. The molecule has 36 heavy (non-hydrogen) atoms. The predicted molar refractivity (Wildman–Crippen MR) is 118 cm³/mol. The molecule has 3 aromatic rings. The number of rotatable bonds is 4. The maximum absolute atomic E-state index is 14.8. The topological polar surface area (TPSA) is 75.8 Å². The number of alkyl halides is 6. The van der Waals surface area contributed by atoms with Gasteiger partial charge in [0.1, 0.15) is 11.5 Å². The number of sulfonamides is 1. The van der Waals surface area contributed by atoms with E-state index in [0.717, 1.165) is 23.2 Å². The second kappa shape index (κ2) is 8.89. The molecule has 5 nitrogen and oxygen atoms in total. The summed E-state index contributed by atoms with van der Waals surface area (Å²) in [6.07, 6.45) is -10.2. The van der Waals surface area contributed by atoms with E-state index in [9.17, 15) is 39.2 Å². The van der Waals surface area contributed by atoms with Crippen LogP contribution in [0.5, 0.6) is 0 Å². The Balaban J connectivity index is 1.82. The molecule has 4 rings (SSSR count). The van der Waals surface area contributed by atoms with Crippen LogP contribution in [-0.2, 0) is 16.2 Å². The van der Waals surface area contributed by atoms with Crippen molar-refractivity contribution in [3.63, 3.8) is 0 Å². The van der Waals surface area contributed by atoms with Gasteiger partial charge in [-0.2, -0.15) is 31.4 Å². The van der Waals surface area contributed by atoms with Crippen LogP contribution in [0.25, 0.3) is 11.1 Å². The van der Waals surface area contributed by atoms with Gasteiger partial charge in [-0.3, -0.25) is 5.01 Å². The summed E-state index contributed by atoms with van der Waals surface area (Å²) >= 11 is 0. The first-order valence-electron chi connectivity index (χ1n) is 10.2. The van der Waals surface area contributed by atoms with Crippen molar-refractivity contribution in [1.82, 2.24) is 0 Å². The number of nitrogens with two attached hydrogens (primary N) is 1. The molecular weight excluding hydrogens is 515 g/mol. The molecule has 1 unspecified atom stereocenters. The van der Waals surface area contributed by atoms with Crippen LogP contribution in [0.15, 0.2) is 76.7 Å². The van der Waals surface area contributed by atoms with Gasteiger partial charge in [0.2, 0.25) is 10.0 Å². The number of hydrazone groups is 1. The van der Waals surface area contributed by atoms with Crippen LogP contribution < -0.4 is 10.1 Å². The zero-order valence-electron chi connectivity index (χ0n) is 18.0. The van der Waals surface area contributed by atoms with Crippen molar-refractivity contribution in [3.05, 3.63) is 83.7 Å². The maximum atomic E-state index is 14.8. The van der Waals surface area contributed by atoms with Gasteiger partial charge in [-0.05, 0) is 47.5 Å². The van der Waals surface area contributed by atoms with Gasteiger partial charge in [0.05, 0.1) is 22.2 Å². The highest BCUT2D eigenvalue weighted by Gasteiger charge is 2.44. The van der Waals surface area contributed by atoms with Gasteiger partial charge >= 0.3 is 12.4 Å². The lowest BCUT2D eigenvalue weighted by Gasteiger charge is -2.26. The molecule has 1 aliphatic rings. The highest BCUT2D eigenvalue weighted by molar-refractivity contribution is 7.89. The van der Waals surface area contributed by atoms with Gasteiger partial charge in [-0.1, -0.05) is 30.3 Å². The van der Waals surface area contributed by atoms with Gasteiger partial charge in [-0.25, -0.2) is 17.9 Å². The lowest BCUT2D eigenvalue weighted by molar-refractivity contribution is -0.137. The van der Waals surface area contributed by atoms with Crippen LogP contribution in [0.1, 0.15) is 23.6 Å². The summed E-state index contributed by atoms with van der Waals surface area (Å²) in [6, 6.07) is 11.2. The van der Waals surface area contributed by atoms with Crippen molar-refractivity contribution in [2.45, 2.75) is 29.7 Å². The van der Waals surface area contributed by atoms with Crippen molar-refractivity contribution in [1.29, 1.82) is 0 Å². The van der Waals surface area contributed by atoms with Crippen LogP contribution in [0, 0.1) is 5.82 Å². The average Bonchev–Trinajstić information content (AvgIpc) is 3.24. The van der Waals surface area contributed by atoms with Crippen molar-refractivity contribution in [3.8, 4) is 11.1 Å². The van der Waals surface area contributed by atoms with Crippen molar-refractivity contribution in [2.24, 2.45) is 10.2 Å². The van der Waals surface area contributed by atoms with Gasteiger partial charge in [0, 0.05) is 12.0 Å². The lowest BCUT2D eigenvalue weighted by Crippen LogP contribution is -2.22. The first-order chi connectivity index (χ1) is 16.7. The van der Waals surface area contributed by atoms with Gasteiger partial charge in [0.25, 0.3) is 0 Å². The predicted octanol–water partition coefficient (Wildman–Crippen LogP) is 6.03. The number of halogens is 7. The number of hydrogen-bond donors (Lipinski definition) is 1. The molecular formula is C23H16F7N3O2S. The van der Waals surface area contributed by atoms with Crippen LogP contribution >= 0.6 is 0 Å². The molecule has 1 aliphatic heterocycles. The number of benzene rings is 3.